The Morgan fingerprint density at radius 3 is 2.61 bits per heavy atom. The van der Waals surface area contributed by atoms with Gasteiger partial charge in [-0.3, -0.25) is 4.79 Å². The molecule has 0 bridgehead atoms. The minimum atomic E-state index is -0.651. The number of nitrogens with two attached hydrogens (primary N) is 1. The molecule has 4 N–H and O–H groups in total. The van der Waals surface area contributed by atoms with Gasteiger partial charge in [0.15, 0.2) is 0 Å². The van der Waals surface area contributed by atoms with E-state index in [9.17, 15) is 15.3 Å². The van der Waals surface area contributed by atoms with Crippen LogP contribution in [0.1, 0.15) is 16.9 Å². The minimum Gasteiger partial charge on any atom is -0.459 e. The predicted octanol–water partition coefficient (Wildman–Crippen LogP) is 1.61. The number of nitrogen functional groups attached to an aromatic ring is 1. The van der Waals surface area contributed by atoms with Crippen molar-refractivity contribution in [1.29, 1.82) is 10.5 Å². The van der Waals surface area contributed by atoms with Gasteiger partial charge in [-0.1, -0.05) is 6.07 Å². The summed E-state index contributed by atoms with van der Waals surface area (Å²) in [5.74, 6) is 0.304. The second-order valence-corrected chi connectivity index (χ2v) is 4.84. The van der Waals surface area contributed by atoms with Gasteiger partial charge in [-0.15, -0.1) is 0 Å². The van der Waals surface area contributed by atoms with Crippen LogP contribution in [0.3, 0.4) is 0 Å². The van der Waals surface area contributed by atoms with Crippen LogP contribution in [0.15, 0.2) is 33.5 Å². The van der Waals surface area contributed by atoms with Crippen LogP contribution in [0.4, 0.5) is 5.82 Å². The first kappa shape index (κ1) is 14.4. The van der Waals surface area contributed by atoms with Gasteiger partial charge in [-0.25, -0.2) is 0 Å². The SMILES string of the molecule is N#Cc1c(N)[nH]c(=O)c(C#N)c1-c1ccc2oc(CO)cc2c1. The summed E-state index contributed by atoms with van der Waals surface area (Å²) < 4.78 is 5.40. The maximum atomic E-state index is 11.9. The van der Waals surface area contributed by atoms with Gasteiger partial charge < -0.3 is 20.2 Å². The zero-order valence-corrected chi connectivity index (χ0v) is 11.8. The summed E-state index contributed by atoms with van der Waals surface area (Å²) in [6, 6.07) is 10.3. The lowest BCUT2D eigenvalue weighted by Crippen LogP contribution is -2.16. The highest BCUT2D eigenvalue weighted by Gasteiger charge is 2.18. The summed E-state index contributed by atoms with van der Waals surface area (Å²) in [4.78, 5) is 14.2. The summed E-state index contributed by atoms with van der Waals surface area (Å²) in [5.41, 5.74) is 6.12. The lowest BCUT2D eigenvalue weighted by molar-refractivity contribution is 0.251. The molecule has 0 aliphatic heterocycles. The minimum absolute atomic E-state index is 0.0337. The van der Waals surface area contributed by atoms with Gasteiger partial charge in [0.1, 0.15) is 47.0 Å². The van der Waals surface area contributed by atoms with Crippen molar-refractivity contribution >= 4 is 16.8 Å². The molecule has 0 atom stereocenters. The molecular weight excluding hydrogens is 296 g/mol. The highest BCUT2D eigenvalue weighted by Crippen LogP contribution is 2.31. The first-order chi connectivity index (χ1) is 11.1. The molecule has 23 heavy (non-hydrogen) atoms. The number of nitrogens with zero attached hydrogens (tertiary/aromatic N) is 2. The Hall–Kier alpha value is -3.55. The van der Waals surface area contributed by atoms with Gasteiger partial charge in [0, 0.05) is 10.9 Å². The molecule has 7 nitrogen and oxygen atoms in total. The largest absolute Gasteiger partial charge is 0.459 e. The second-order valence-electron chi connectivity index (χ2n) is 4.84. The van der Waals surface area contributed by atoms with Crippen LogP contribution in [0, 0.1) is 22.7 Å². The number of nitriles is 2. The number of fused-ring (bicyclic) bond motifs is 1. The molecule has 3 rings (SSSR count). The second kappa shape index (κ2) is 5.34. The van der Waals surface area contributed by atoms with Crippen molar-refractivity contribution in [3.63, 3.8) is 0 Å². The lowest BCUT2D eigenvalue weighted by Gasteiger charge is -2.08. The van der Waals surface area contributed by atoms with Gasteiger partial charge in [-0.2, -0.15) is 10.5 Å². The van der Waals surface area contributed by atoms with Gasteiger partial charge in [-0.05, 0) is 23.8 Å². The first-order valence-electron chi connectivity index (χ1n) is 6.58. The monoisotopic (exact) mass is 306 g/mol. The van der Waals surface area contributed by atoms with Crippen LogP contribution < -0.4 is 11.3 Å². The third-order valence-electron chi connectivity index (χ3n) is 3.48. The number of hydrogen-bond donors (Lipinski definition) is 3. The van der Waals surface area contributed by atoms with E-state index >= 15 is 0 Å². The van der Waals surface area contributed by atoms with E-state index in [2.05, 4.69) is 4.98 Å². The van der Waals surface area contributed by atoms with Gasteiger partial charge in [0.2, 0.25) is 0 Å². The predicted molar refractivity (Wildman–Crippen MR) is 82.0 cm³/mol. The van der Waals surface area contributed by atoms with Crippen molar-refractivity contribution in [3.05, 3.63) is 51.5 Å². The van der Waals surface area contributed by atoms with Crippen molar-refractivity contribution in [2.45, 2.75) is 6.61 Å². The molecule has 0 unspecified atom stereocenters. The van der Waals surface area contributed by atoms with Crippen LogP contribution >= 0.6 is 0 Å². The van der Waals surface area contributed by atoms with Gasteiger partial charge >= 0.3 is 0 Å². The average Bonchev–Trinajstić information content (AvgIpc) is 2.96. The summed E-state index contributed by atoms with van der Waals surface area (Å²) >= 11 is 0. The Kier molecular flexibility index (Phi) is 3.34. The molecule has 0 aliphatic rings. The molecule has 2 aromatic heterocycles. The summed E-state index contributed by atoms with van der Waals surface area (Å²) in [6.07, 6.45) is 0. The molecule has 0 saturated heterocycles. The molecule has 0 fully saturated rings. The Morgan fingerprint density at radius 1 is 1.22 bits per heavy atom. The number of rotatable bonds is 2. The summed E-state index contributed by atoms with van der Waals surface area (Å²) in [7, 11) is 0. The topological polar surface area (TPSA) is 140 Å². The van der Waals surface area contributed by atoms with E-state index in [1.807, 2.05) is 12.1 Å². The number of aliphatic hydroxyl groups is 1. The van der Waals surface area contributed by atoms with Crippen LogP contribution in [0.5, 0.6) is 0 Å². The fourth-order valence-corrected chi connectivity index (χ4v) is 2.46. The van der Waals surface area contributed by atoms with Crippen LogP contribution in [-0.2, 0) is 6.61 Å². The Labute approximate surface area is 129 Å². The number of aromatic amines is 1. The molecule has 0 radical (unpaired) electrons. The number of anilines is 1. The molecule has 3 aromatic rings. The number of aliphatic hydroxyl groups excluding tert-OH is 1. The van der Waals surface area contributed by atoms with Gasteiger partial charge in [0.25, 0.3) is 5.56 Å². The van der Waals surface area contributed by atoms with Crippen molar-refractivity contribution in [3.8, 4) is 23.3 Å². The molecule has 112 valence electrons. The fraction of sp³-hybridized carbons (Fsp3) is 0.0625. The van der Waals surface area contributed by atoms with Gasteiger partial charge in [0.05, 0.1) is 0 Å². The Morgan fingerprint density at radius 2 is 1.96 bits per heavy atom. The molecule has 7 heteroatoms. The Balaban J connectivity index is 2.36. The lowest BCUT2D eigenvalue weighted by atomic mass is 9.96. The van der Waals surface area contributed by atoms with Crippen LogP contribution in [0.2, 0.25) is 0 Å². The van der Waals surface area contributed by atoms with Crippen LogP contribution in [-0.4, -0.2) is 10.1 Å². The van der Waals surface area contributed by atoms with Crippen molar-refractivity contribution in [2.75, 3.05) is 5.73 Å². The normalized spacial score (nSPS) is 10.4. The number of furan rings is 1. The summed E-state index contributed by atoms with van der Waals surface area (Å²) in [6.45, 7) is -0.241. The van der Waals surface area contributed by atoms with E-state index in [4.69, 9.17) is 15.3 Å². The molecule has 0 aliphatic carbocycles. The number of benzene rings is 1. The number of aromatic nitrogens is 1. The molecular formula is C16H10N4O3. The van der Waals surface area contributed by atoms with E-state index in [0.29, 0.717) is 22.3 Å². The molecule has 2 heterocycles. The third kappa shape index (κ3) is 2.22. The Bertz CT molecular complexity index is 1060. The first-order valence-corrected chi connectivity index (χ1v) is 6.58. The van der Waals surface area contributed by atoms with E-state index in [1.54, 1.807) is 24.3 Å². The number of nitrogens with one attached hydrogen (secondary N) is 1. The molecule has 0 saturated carbocycles. The van der Waals surface area contributed by atoms with E-state index in [0.717, 1.165) is 0 Å². The fourth-order valence-electron chi connectivity index (χ4n) is 2.46. The third-order valence-corrected chi connectivity index (χ3v) is 3.48. The van der Waals surface area contributed by atoms with E-state index < -0.39 is 5.56 Å². The zero-order chi connectivity index (χ0) is 16.6. The van der Waals surface area contributed by atoms with Crippen molar-refractivity contribution in [2.24, 2.45) is 0 Å². The van der Waals surface area contributed by atoms with Crippen LogP contribution in [0.25, 0.3) is 22.1 Å². The molecule has 0 amide bonds. The number of pyridine rings is 1. The molecule has 1 aromatic carbocycles. The highest BCUT2D eigenvalue weighted by molar-refractivity contribution is 5.88. The zero-order valence-electron chi connectivity index (χ0n) is 11.8. The van der Waals surface area contributed by atoms with E-state index in [1.165, 1.54) is 0 Å². The van der Waals surface area contributed by atoms with Crippen molar-refractivity contribution < 1.29 is 9.52 Å². The van der Waals surface area contributed by atoms with E-state index in [-0.39, 0.29) is 29.1 Å². The average molecular weight is 306 g/mol. The number of hydrogen-bond acceptors (Lipinski definition) is 6. The maximum absolute atomic E-state index is 11.9. The number of H-pyrrole nitrogens is 1. The maximum Gasteiger partial charge on any atom is 0.268 e. The van der Waals surface area contributed by atoms with Crippen molar-refractivity contribution in [1.82, 2.24) is 4.98 Å². The smallest absolute Gasteiger partial charge is 0.268 e. The molecule has 0 spiro atoms. The highest BCUT2D eigenvalue weighted by atomic mass is 16.4. The standard InChI is InChI=1S/C16H10N4O3/c17-5-11-14(12(6-18)16(22)20-15(11)19)8-1-2-13-9(3-8)4-10(7-21)23-13/h1-4,21H,7H2,(H3,19,20,22). The quantitative estimate of drug-likeness (QED) is 0.657. The summed E-state index contributed by atoms with van der Waals surface area (Å²) in [5, 5.41) is 28.4.